The Labute approximate surface area is 127 Å². The molecule has 21 heavy (non-hydrogen) atoms. The van der Waals surface area contributed by atoms with Gasteiger partial charge >= 0.3 is 0 Å². The minimum atomic E-state index is -0.174. The third kappa shape index (κ3) is 4.56. The van der Waals surface area contributed by atoms with Gasteiger partial charge in [-0.1, -0.05) is 27.7 Å². The minimum absolute atomic E-state index is 0.0427. The lowest BCUT2D eigenvalue weighted by Gasteiger charge is -2.32. The lowest BCUT2D eigenvalue weighted by molar-refractivity contribution is 0.0827. The largest absolute Gasteiger partial charge is 0.396 e. The first kappa shape index (κ1) is 17.7. The third-order valence-corrected chi connectivity index (χ3v) is 3.91. The van der Waals surface area contributed by atoms with Crippen LogP contribution in [0.4, 0.5) is 0 Å². The van der Waals surface area contributed by atoms with Crippen LogP contribution in [0.25, 0.3) is 0 Å². The second-order valence-electron chi connectivity index (χ2n) is 6.61. The zero-order valence-electron chi connectivity index (χ0n) is 14.0. The van der Waals surface area contributed by atoms with Crippen LogP contribution in [0.15, 0.2) is 12.3 Å². The molecule has 0 saturated heterocycles. The van der Waals surface area contributed by atoms with E-state index < -0.39 is 0 Å². The van der Waals surface area contributed by atoms with E-state index in [9.17, 15) is 9.90 Å². The van der Waals surface area contributed by atoms with Gasteiger partial charge in [0.1, 0.15) is 5.69 Å². The van der Waals surface area contributed by atoms with Gasteiger partial charge in [0.15, 0.2) is 0 Å². The Balaban J connectivity index is 2.85. The number of rotatable bonds is 7. The molecule has 0 radical (unpaired) electrons. The Morgan fingerprint density at radius 2 is 1.86 bits per heavy atom. The molecule has 1 aromatic heterocycles. The molecule has 0 saturated carbocycles. The topological polar surface area (TPSA) is 67.2 Å². The lowest BCUT2D eigenvalue weighted by atomic mass is 9.83. The smallest absolute Gasteiger partial charge is 0.272 e. The van der Waals surface area contributed by atoms with Crippen LogP contribution in [0.1, 0.15) is 58.1 Å². The third-order valence-electron chi connectivity index (χ3n) is 3.91. The number of carbonyl (C=O) groups excluding carboxylic acids is 1. The highest BCUT2D eigenvalue weighted by Crippen LogP contribution is 2.21. The summed E-state index contributed by atoms with van der Waals surface area (Å²) in [4.78, 5) is 12.4. The number of aromatic nitrogens is 2. The van der Waals surface area contributed by atoms with Crippen molar-refractivity contribution in [3.63, 3.8) is 0 Å². The van der Waals surface area contributed by atoms with Gasteiger partial charge in [-0.15, -0.1) is 0 Å². The Kier molecular flexibility index (Phi) is 6.40. The van der Waals surface area contributed by atoms with E-state index in [4.69, 9.17) is 0 Å². The van der Waals surface area contributed by atoms with Crippen molar-refractivity contribution in [2.24, 2.45) is 17.8 Å². The predicted molar refractivity (Wildman–Crippen MR) is 84.1 cm³/mol. The summed E-state index contributed by atoms with van der Waals surface area (Å²) in [5.41, 5.74) is 0.426. The molecule has 1 amide bonds. The molecule has 0 aliphatic carbocycles. The van der Waals surface area contributed by atoms with Crippen molar-refractivity contribution >= 4 is 5.91 Å². The summed E-state index contributed by atoms with van der Waals surface area (Å²) in [7, 11) is 0. The number of aliphatic hydroxyl groups is 1. The zero-order chi connectivity index (χ0) is 16.2. The van der Waals surface area contributed by atoms with E-state index in [0.717, 1.165) is 0 Å². The maximum absolute atomic E-state index is 12.4. The second-order valence-corrected chi connectivity index (χ2v) is 6.61. The molecule has 0 bridgehead atoms. The van der Waals surface area contributed by atoms with E-state index >= 15 is 0 Å². The Morgan fingerprint density at radius 1 is 1.24 bits per heavy atom. The first-order valence-electron chi connectivity index (χ1n) is 7.74. The average Bonchev–Trinajstić information content (AvgIpc) is 2.87. The molecule has 0 aliphatic rings. The van der Waals surface area contributed by atoms with Crippen molar-refractivity contribution in [2.75, 3.05) is 6.61 Å². The maximum atomic E-state index is 12.4. The molecule has 5 nitrogen and oxygen atoms in total. The van der Waals surface area contributed by atoms with Gasteiger partial charge < -0.3 is 10.4 Å². The first-order valence-corrected chi connectivity index (χ1v) is 7.74. The molecule has 1 rings (SSSR count). The highest BCUT2D eigenvalue weighted by atomic mass is 16.3. The quantitative estimate of drug-likeness (QED) is 0.812. The van der Waals surface area contributed by atoms with Gasteiger partial charge in [-0.2, -0.15) is 5.10 Å². The average molecular weight is 295 g/mol. The molecule has 5 heteroatoms. The summed E-state index contributed by atoms with van der Waals surface area (Å²) < 4.78 is 1.77. The van der Waals surface area contributed by atoms with Crippen LogP contribution >= 0.6 is 0 Å². The van der Waals surface area contributed by atoms with Gasteiger partial charge in [0.05, 0.1) is 0 Å². The molecule has 0 aromatic carbocycles. The van der Waals surface area contributed by atoms with E-state index in [1.54, 1.807) is 10.7 Å². The molecule has 120 valence electrons. The Morgan fingerprint density at radius 3 is 2.24 bits per heavy atom. The van der Waals surface area contributed by atoms with Crippen LogP contribution in [0.5, 0.6) is 0 Å². The van der Waals surface area contributed by atoms with Gasteiger partial charge in [-0.05, 0) is 31.7 Å². The van der Waals surface area contributed by atoms with Crippen molar-refractivity contribution < 1.29 is 9.90 Å². The Hall–Kier alpha value is -1.36. The van der Waals surface area contributed by atoms with E-state index in [2.05, 4.69) is 38.1 Å². The summed E-state index contributed by atoms with van der Waals surface area (Å²) in [5, 5.41) is 16.9. The normalized spacial score (nSPS) is 14.8. The van der Waals surface area contributed by atoms with Crippen LogP contribution in [-0.4, -0.2) is 33.4 Å². The molecule has 1 heterocycles. The first-order chi connectivity index (χ1) is 9.77. The summed E-state index contributed by atoms with van der Waals surface area (Å²) in [5.74, 6) is 0.421. The summed E-state index contributed by atoms with van der Waals surface area (Å²) in [6.45, 7) is 12.4. The van der Waals surface area contributed by atoms with E-state index in [0.29, 0.717) is 11.6 Å². The van der Waals surface area contributed by atoms with Crippen molar-refractivity contribution in [3.05, 3.63) is 18.0 Å². The molecular formula is C16H29N3O2. The molecule has 0 spiro atoms. The van der Waals surface area contributed by atoms with Gasteiger partial charge in [-0.25, -0.2) is 0 Å². The van der Waals surface area contributed by atoms with Crippen molar-refractivity contribution in [1.82, 2.24) is 15.1 Å². The summed E-state index contributed by atoms with van der Waals surface area (Å²) >= 11 is 0. The summed E-state index contributed by atoms with van der Waals surface area (Å²) in [6.07, 6.45) is 1.82. The fourth-order valence-corrected chi connectivity index (χ4v) is 2.48. The minimum Gasteiger partial charge on any atom is -0.396 e. The highest BCUT2D eigenvalue weighted by molar-refractivity contribution is 5.92. The van der Waals surface area contributed by atoms with E-state index in [1.165, 1.54) is 0 Å². The van der Waals surface area contributed by atoms with Crippen LogP contribution in [0.2, 0.25) is 0 Å². The zero-order valence-corrected chi connectivity index (χ0v) is 14.0. The fraction of sp³-hybridized carbons (Fsp3) is 0.750. The molecule has 0 fully saturated rings. The Bertz CT molecular complexity index is 452. The van der Waals surface area contributed by atoms with Crippen LogP contribution in [0, 0.1) is 17.8 Å². The number of hydrogen-bond acceptors (Lipinski definition) is 3. The maximum Gasteiger partial charge on any atom is 0.272 e. The molecule has 1 aromatic rings. The molecule has 0 unspecified atom stereocenters. The van der Waals surface area contributed by atoms with Crippen LogP contribution in [0.3, 0.4) is 0 Å². The molecule has 2 N–H and O–H groups in total. The number of hydrogen-bond donors (Lipinski definition) is 2. The molecular weight excluding hydrogens is 266 g/mol. The molecule has 2 atom stereocenters. The van der Waals surface area contributed by atoms with E-state index in [1.807, 2.05) is 20.0 Å². The number of aliphatic hydroxyl groups excluding tert-OH is 1. The highest BCUT2D eigenvalue weighted by Gasteiger charge is 2.28. The van der Waals surface area contributed by atoms with Crippen LogP contribution < -0.4 is 5.32 Å². The number of nitrogens with one attached hydrogen (secondary N) is 1. The standard InChI is InChI=1S/C16H29N3O2/c1-10(2)13(9-20)15(11(3)4)17-16(21)14-7-8-19(18-14)12(5)6/h7-8,10-13,15,20H,9H2,1-6H3,(H,17,21)/t13-,15-/m1/s1. The van der Waals surface area contributed by atoms with Gasteiger partial charge in [-0.3, -0.25) is 9.48 Å². The van der Waals surface area contributed by atoms with Gasteiger partial charge in [0.2, 0.25) is 0 Å². The van der Waals surface area contributed by atoms with Crippen molar-refractivity contribution in [1.29, 1.82) is 0 Å². The molecule has 0 aliphatic heterocycles. The number of amides is 1. The SMILES string of the molecule is CC(C)[C@@H](CO)[C@H](NC(=O)c1ccn(C(C)C)n1)C(C)C. The predicted octanol–water partition coefficient (Wildman–Crippen LogP) is 2.48. The monoisotopic (exact) mass is 295 g/mol. The van der Waals surface area contributed by atoms with Gasteiger partial charge in [0, 0.05) is 30.8 Å². The fourth-order valence-electron chi connectivity index (χ4n) is 2.48. The summed E-state index contributed by atoms with van der Waals surface area (Å²) in [6, 6.07) is 1.90. The second kappa shape index (κ2) is 7.59. The van der Waals surface area contributed by atoms with Crippen LogP contribution in [-0.2, 0) is 0 Å². The van der Waals surface area contributed by atoms with Crippen molar-refractivity contribution in [2.45, 2.75) is 53.6 Å². The number of nitrogens with zero attached hydrogens (tertiary/aromatic N) is 2. The van der Waals surface area contributed by atoms with E-state index in [-0.39, 0.29) is 36.4 Å². The van der Waals surface area contributed by atoms with Crippen molar-refractivity contribution in [3.8, 4) is 0 Å². The van der Waals surface area contributed by atoms with Gasteiger partial charge in [0.25, 0.3) is 5.91 Å². The number of carbonyl (C=O) groups is 1. The lowest BCUT2D eigenvalue weighted by Crippen LogP contribution is -2.47.